The van der Waals surface area contributed by atoms with Crippen LogP contribution in [0.25, 0.3) is 0 Å². The van der Waals surface area contributed by atoms with Crippen LogP contribution in [0.1, 0.15) is 17.4 Å². The lowest BCUT2D eigenvalue weighted by Crippen LogP contribution is -2.14. The Hall–Kier alpha value is -1.11. The van der Waals surface area contributed by atoms with Crippen molar-refractivity contribution in [1.29, 1.82) is 0 Å². The first-order valence-corrected chi connectivity index (χ1v) is 5.06. The topological polar surface area (TPSA) is 38.7 Å². The highest BCUT2D eigenvalue weighted by molar-refractivity contribution is 5.26. The minimum Gasteiger partial charge on any atom is -0.394 e. The summed E-state index contributed by atoms with van der Waals surface area (Å²) in [5, 5.41) is 8.83. The van der Waals surface area contributed by atoms with Crippen molar-refractivity contribution in [3.63, 3.8) is 0 Å². The number of hydrogen-bond acceptors (Lipinski definition) is 3. The van der Waals surface area contributed by atoms with Gasteiger partial charge in [0.25, 0.3) is 0 Å². The molecule has 3 nitrogen and oxygen atoms in total. The van der Waals surface area contributed by atoms with Crippen LogP contribution in [0, 0.1) is 0 Å². The van der Waals surface area contributed by atoms with E-state index in [4.69, 9.17) is 14.6 Å². The zero-order valence-electron chi connectivity index (χ0n) is 8.78. The largest absolute Gasteiger partial charge is 0.416 e. The van der Waals surface area contributed by atoms with Gasteiger partial charge in [0, 0.05) is 5.56 Å². The molecular formula is C11H11F3O3. The number of hydrogen-bond donors (Lipinski definition) is 1. The highest BCUT2D eigenvalue weighted by Crippen LogP contribution is 2.33. The minimum absolute atomic E-state index is 0.178. The molecule has 0 spiro atoms. The standard InChI is InChI=1S/C11H11F3O3/c12-11(13,14)8-3-1-2-7(4-8)10-16-6-9(5-15)17-10/h1-4,9-10,15H,5-6H2. The van der Waals surface area contributed by atoms with Crippen molar-refractivity contribution >= 4 is 0 Å². The summed E-state index contributed by atoms with van der Waals surface area (Å²) in [6, 6.07) is 4.78. The Morgan fingerprint density at radius 2 is 2.12 bits per heavy atom. The van der Waals surface area contributed by atoms with Crippen LogP contribution in [0.5, 0.6) is 0 Å². The van der Waals surface area contributed by atoms with Gasteiger partial charge in [-0.05, 0) is 12.1 Å². The molecule has 0 radical (unpaired) electrons. The predicted molar refractivity (Wildman–Crippen MR) is 52.1 cm³/mol. The first-order chi connectivity index (χ1) is 8.00. The number of aliphatic hydroxyl groups excluding tert-OH is 1. The molecule has 1 aliphatic rings. The monoisotopic (exact) mass is 248 g/mol. The van der Waals surface area contributed by atoms with Crippen molar-refractivity contribution in [2.45, 2.75) is 18.6 Å². The molecule has 0 aliphatic carbocycles. The third-order valence-electron chi connectivity index (χ3n) is 2.44. The van der Waals surface area contributed by atoms with Crippen LogP contribution in [0.3, 0.4) is 0 Å². The lowest BCUT2D eigenvalue weighted by molar-refractivity contribution is -0.137. The lowest BCUT2D eigenvalue weighted by atomic mass is 10.1. The molecule has 17 heavy (non-hydrogen) atoms. The van der Waals surface area contributed by atoms with Crippen molar-refractivity contribution in [2.75, 3.05) is 13.2 Å². The van der Waals surface area contributed by atoms with Gasteiger partial charge >= 0.3 is 6.18 Å². The van der Waals surface area contributed by atoms with Crippen molar-refractivity contribution < 1.29 is 27.8 Å². The van der Waals surface area contributed by atoms with Gasteiger partial charge in [-0.3, -0.25) is 0 Å². The Morgan fingerprint density at radius 1 is 1.35 bits per heavy atom. The lowest BCUT2D eigenvalue weighted by Gasteiger charge is -2.13. The summed E-state index contributed by atoms with van der Waals surface area (Å²) < 4.78 is 47.8. The van der Waals surface area contributed by atoms with E-state index >= 15 is 0 Å². The molecule has 1 N–H and O–H groups in total. The fourth-order valence-corrected chi connectivity index (χ4v) is 1.58. The number of halogens is 3. The Balaban J connectivity index is 2.17. The molecule has 1 aromatic carbocycles. The molecule has 1 heterocycles. The van der Waals surface area contributed by atoms with Gasteiger partial charge in [-0.2, -0.15) is 13.2 Å². The van der Waals surface area contributed by atoms with E-state index in [9.17, 15) is 13.2 Å². The number of benzene rings is 1. The number of ether oxygens (including phenoxy) is 2. The van der Waals surface area contributed by atoms with Gasteiger partial charge in [-0.1, -0.05) is 12.1 Å². The van der Waals surface area contributed by atoms with Gasteiger partial charge in [0.1, 0.15) is 6.10 Å². The molecule has 1 aliphatic heterocycles. The maximum absolute atomic E-state index is 12.5. The molecule has 2 rings (SSSR count). The summed E-state index contributed by atoms with van der Waals surface area (Å²) in [6.07, 6.45) is -5.70. The molecule has 0 aromatic heterocycles. The van der Waals surface area contributed by atoms with E-state index in [-0.39, 0.29) is 13.2 Å². The first kappa shape index (κ1) is 12.3. The maximum Gasteiger partial charge on any atom is 0.416 e. The van der Waals surface area contributed by atoms with E-state index < -0.39 is 24.1 Å². The van der Waals surface area contributed by atoms with E-state index in [1.54, 1.807) is 0 Å². The van der Waals surface area contributed by atoms with Crippen LogP contribution in [-0.4, -0.2) is 24.4 Å². The zero-order chi connectivity index (χ0) is 12.5. The summed E-state index contributed by atoms with van der Waals surface area (Å²) in [5.41, 5.74) is -0.439. The van der Waals surface area contributed by atoms with Crippen LogP contribution in [-0.2, 0) is 15.7 Å². The molecule has 1 fully saturated rings. The quantitative estimate of drug-likeness (QED) is 0.871. The van der Waals surface area contributed by atoms with E-state index in [1.165, 1.54) is 12.1 Å². The van der Waals surface area contributed by atoms with E-state index in [0.29, 0.717) is 5.56 Å². The molecule has 1 saturated heterocycles. The highest BCUT2D eigenvalue weighted by Gasteiger charge is 2.32. The molecule has 0 bridgehead atoms. The van der Waals surface area contributed by atoms with Crippen LogP contribution in [0.2, 0.25) is 0 Å². The van der Waals surface area contributed by atoms with Gasteiger partial charge in [0.05, 0.1) is 18.8 Å². The molecular weight excluding hydrogens is 237 g/mol. The molecule has 2 atom stereocenters. The van der Waals surface area contributed by atoms with Gasteiger partial charge in [-0.15, -0.1) is 0 Å². The third kappa shape index (κ3) is 2.77. The second kappa shape index (κ2) is 4.64. The van der Waals surface area contributed by atoms with Gasteiger partial charge in [0.2, 0.25) is 0 Å². The predicted octanol–water partition coefficient (Wildman–Crippen LogP) is 2.11. The average Bonchev–Trinajstić information content (AvgIpc) is 2.76. The summed E-state index contributed by atoms with van der Waals surface area (Å²) in [4.78, 5) is 0. The van der Waals surface area contributed by atoms with E-state index in [0.717, 1.165) is 12.1 Å². The second-order valence-electron chi connectivity index (χ2n) is 3.73. The molecule has 94 valence electrons. The second-order valence-corrected chi connectivity index (χ2v) is 3.73. The smallest absolute Gasteiger partial charge is 0.394 e. The maximum atomic E-state index is 12.5. The normalized spacial score (nSPS) is 25.2. The third-order valence-corrected chi connectivity index (χ3v) is 2.44. The molecule has 2 unspecified atom stereocenters. The van der Waals surface area contributed by atoms with E-state index in [2.05, 4.69) is 0 Å². The van der Waals surface area contributed by atoms with Crippen LogP contribution < -0.4 is 0 Å². The fourth-order valence-electron chi connectivity index (χ4n) is 1.58. The molecule has 0 amide bonds. The van der Waals surface area contributed by atoms with Crippen LogP contribution in [0.4, 0.5) is 13.2 Å². The van der Waals surface area contributed by atoms with Crippen LogP contribution in [0.15, 0.2) is 24.3 Å². The summed E-state index contributed by atoms with van der Waals surface area (Å²) in [6.45, 7) is -0.0348. The Bertz CT molecular complexity index is 392. The first-order valence-electron chi connectivity index (χ1n) is 5.06. The molecule has 1 aromatic rings. The zero-order valence-corrected chi connectivity index (χ0v) is 8.78. The number of rotatable bonds is 2. The SMILES string of the molecule is OCC1COC(c2cccc(C(F)(F)F)c2)O1. The number of aliphatic hydroxyl groups is 1. The highest BCUT2D eigenvalue weighted by atomic mass is 19.4. The Labute approximate surface area is 95.8 Å². The van der Waals surface area contributed by atoms with Crippen molar-refractivity contribution in [3.05, 3.63) is 35.4 Å². The molecule has 6 heteroatoms. The van der Waals surface area contributed by atoms with Crippen molar-refractivity contribution in [1.82, 2.24) is 0 Å². The van der Waals surface area contributed by atoms with Gasteiger partial charge in [0.15, 0.2) is 6.29 Å². The van der Waals surface area contributed by atoms with E-state index in [1.807, 2.05) is 0 Å². The van der Waals surface area contributed by atoms with Crippen molar-refractivity contribution in [2.24, 2.45) is 0 Å². The van der Waals surface area contributed by atoms with Gasteiger partial charge in [-0.25, -0.2) is 0 Å². The molecule has 0 saturated carbocycles. The minimum atomic E-state index is -4.38. The Morgan fingerprint density at radius 3 is 2.71 bits per heavy atom. The summed E-state index contributed by atoms with van der Waals surface area (Å²) in [5.74, 6) is 0. The van der Waals surface area contributed by atoms with Crippen molar-refractivity contribution in [3.8, 4) is 0 Å². The van der Waals surface area contributed by atoms with Crippen LogP contribution >= 0.6 is 0 Å². The average molecular weight is 248 g/mol. The summed E-state index contributed by atoms with van der Waals surface area (Å²) in [7, 11) is 0. The Kier molecular flexibility index (Phi) is 3.37. The summed E-state index contributed by atoms with van der Waals surface area (Å²) >= 11 is 0. The number of alkyl halides is 3. The fraction of sp³-hybridized carbons (Fsp3) is 0.455. The van der Waals surface area contributed by atoms with Gasteiger partial charge < -0.3 is 14.6 Å².